The number of carbonyl (C=O) groups excluding carboxylic acids is 1. The van der Waals surface area contributed by atoms with Crippen molar-refractivity contribution >= 4 is 27.9 Å². The predicted octanol–water partition coefficient (Wildman–Crippen LogP) is 1.62. The molecule has 1 unspecified atom stereocenters. The molecule has 0 saturated heterocycles. The van der Waals surface area contributed by atoms with Crippen LogP contribution in [0.15, 0.2) is 6.07 Å². The maximum Gasteiger partial charge on any atom is 0.304 e. The standard InChI is InChI=1S/C12H19N3O4S/c1-5-14(7-11(17)13(3)4)12-9(15(18)19)6-10(20-12)8(2)16/h6,8,16H,5,7H2,1-4H3. The number of aliphatic hydroxyl groups is 1. The SMILES string of the molecule is CCN(CC(=O)N(C)C)c1sc(C(C)O)cc1[N+](=O)[O-]. The molecule has 1 aromatic rings. The maximum absolute atomic E-state index is 11.8. The molecule has 1 aromatic heterocycles. The monoisotopic (exact) mass is 301 g/mol. The number of nitrogens with zero attached hydrogens (tertiary/aromatic N) is 3. The zero-order valence-corrected chi connectivity index (χ0v) is 12.8. The highest BCUT2D eigenvalue weighted by molar-refractivity contribution is 7.16. The normalized spacial score (nSPS) is 12.1. The molecule has 0 aliphatic rings. The molecule has 0 aromatic carbocycles. The lowest BCUT2D eigenvalue weighted by molar-refractivity contribution is -0.383. The fraction of sp³-hybridized carbons (Fsp3) is 0.583. The number of likely N-dealkylation sites (N-methyl/N-ethyl adjacent to an activating group) is 2. The molecule has 112 valence electrons. The minimum Gasteiger partial charge on any atom is -0.388 e. The molecule has 0 spiro atoms. The summed E-state index contributed by atoms with van der Waals surface area (Å²) in [7, 11) is 3.28. The molecule has 0 radical (unpaired) electrons. The van der Waals surface area contributed by atoms with Crippen LogP contribution in [0.4, 0.5) is 10.7 Å². The summed E-state index contributed by atoms with van der Waals surface area (Å²) in [6, 6.07) is 1.37. The van der Waals surface area contributed by atoms with Crippen LogP contribution in [0, 0.1) is 10.1 Å². The largest absolute Gasteiger partial charge is 0.388 e. The van der Waals surface area contributed by atoms with Gasteiger partial charge in [-0.15, -0.1) is 11.3 Å². The van der Waals surface area contributed by atoms with Crippen LogP contribution in [0.5, 0.6) is 0 Å². The van der Waals surface area contributed by atoms with Gasteiger partial charge in [0.1, 0.15) is 0 Å². The van der Waals surface area contributed by atoms with Crippen molar-refractivity contribution in [2.75, 3.05) is 32.1 Å². The van der Waals surface area contributed by atoms with Crippen molar-refractivity contribution in [2.24, 2.45) is 0 Å². The van der Waals surface area contributed by atoms with Crippen LogP contribution < -0.4 is 4.90 Å². The molecule has 0 aliphatic heterocycles. The first kappa shape index (κ1) is 16.4. The van der Waals surface area contributed by atoms with Gasteiger partial charge in [-0.2, -0.15) is 0 Å². The summed E-state index contributed by atoms with van der Waals surface area (Å²) in [5.74, 6) is -0.131. The zero-order chi connectivity index (χ0) is 15.4. The molecule has 7 nitrogen and oxygen atoms in total. The number of thiophene rings is 1. The molecule has 1 atom stereocenters. The highest BCUT2D eigenvalue weighted by Crippen LogP contribution is 2.39. The van der Waals surface area contributed by atoms with Gasteiger partial charge < -0.3 is 14.9 Å². The molecule has 20 heavy (non-hydrogen) atoms. The Kier molecular flexibility index (Phi) is 5.46. The van der Waals surface area contributed by atoms with E-state index in [0.29, 0.717) is 16.4 Å². The summed E-state index contributed by atoms with van der Waals surface area (Å²) in [6.45, 7) is 3.93. The number of nitro groups is 1. The second-order valence-corrected chi connectivity index (χ2v) is 5.64. The van der Waals surface area contributed by atoms with Gasteiger partial charge in [0, 0.05) is 31.6 Å². The Balaban J connectivity index is 3.13. The molecule has 0 fully saturated rings. The molecule has 0 aliphatic carbocycles. The quantitative estimate of drug-likeness (QED) is 0.637. The molecule has 1 rings (SSSR count). The molecular formula is C12H19N3O4S. The molecule has 1 amide bonds. The third-order valence-corrected chi connectivity index (χ3v) is 4.17. The van der Waals surface area contributed by atoms with Crippen molar-refractivity contribution in [3.8, 4) is 0 Å². The summed E-state index contributed by atoms with van der Waals surface area (Å²) in [6.07, 6.45) is -0.768. The van der Waals surface area contributed by atoms with Gasteiger partial charge in [0.2, 0.25) is 5.91 Å². The van der Waals surface area contributed by atoms with Crippen LogP contribution in [0.25, 0.3) is 0 Å². The number of rotatable bonds is 6. The summed E-state index contributed by atoms with van der Waals surface area (Å²) >= 11 is 1.15. The number of carbonyl (C=O) groups is 1. The van der Waals surface area contributed by atoms with Gasteiger partial charge in [-0.05, 0) is 13.8 Å². The van der Waals surface area contributed by atoms with E-state index in [1.807, 2.05) is 6.92 Å². The van der Waals surface area contributed by atoms with E-state index in [0.717, 1.165) is 11.3 Å². The number of anilines is 1. The van der Waals surface area contributed by atoms with Crippen LogP contribution in [0.2, 0.25) is 0 Å². The van der Waals surface area contributed by atoms with E-state index < -0.39 is 11.0 Å². The fourth-order valence-electron chi connectivity index (χ4n) is 1.58. The van der Waals surface area contributed by atoms with Crippen LogP contribution in [0.3, 0.4) is 0 Å². The van der Waals surface area contributed by atoms with Crippen LogP contribution in [0.1, 0.15) is 24.8 Å². The van der Waals surface area contributed by atoms with Crippen molar-refractivity contribution < 1.29 is 14.8 Å². The smallest absolute Gasteiger partial charge is 0.304 e. The number of amides is 1. The first-order chi connectivity index (χ1) is 9.27. The fourth-order valence-corrected chi connectivity index (χ4v) is 2.71. The molecular weight excluding hydrogens is 282 g/mol. The minimum absolute atomic E-state index is 0.0701. The second kappa shape index (κ2) is 6.67. The van der Waals surface area contributed by atoms with E-state index in [1.54, 1.807) is 25.9 Å². The summed E-state index contributed by atoms with van der Waals surface area (Å²) in [4.78, 5) is 26.0. The minimum atomic E-state index is -0.768. The van der Waals surface area contributed by atoms with Gasteiger partial charge in [-0.25, -0.2) is 0 Å². The van der Waals surface area contributed by atoms with Gasteiger partial charge in [0.15, 0.2) is 5.00 Å². The first-order valence-corrected chi connectivity index (χ1v) is 7.00. The predicted molar refractivity (Wildman–Crippen MR) is 78.2 cm³/mol. The lowest BCUT2D eigenvalue weighted by atomic mass is 10.3. The van der Waals surface area contributed by atoms with Gasteiger partial charge in [-0.1, -0.05) is 0 Å². The first-order valence-electron chi connectivity index (χ1n) is 6.19. The van der Waals surface area contributed by atoms with E-state index in [-0.39, 0.29) is 18.1 Å². The van der Waals surface area contributed by atoms with E-state index in [4.69, 9.17) is 0 Å². The summed E-state index contributed by atoms with van der Waals surface area (Å²) in [5.41, 5.74) is -0.0701. The number of aliphatic hydroxyl groups excluding tert-OH is 1. The Bertz CT molecular complexity index is 499. The van der Waals surface area contributed by atoms with Crippen molar-refractivity contribution in [1.29, 1.82) is 0 Å². The molecule has 8 heteroatoms. The van der Waals surface area contributed by atoms with Gasteiger partial charge in [-0.3, -0.25) is 14.9 Å². The Morgan fingerprint density at radius 1 is 1.55 bits per heavy atom. The van der Waals surface area contributed by atoms with Crippen molar-refractivity contribution in [3.63, 3.8) is 0 Å². The van der Waals surface area contributed by atoms with Crippen LogP contribution >= 0.6 is 11.3 Å². The van der Waals surface area contributed by atoms with Crippen molar-refractivity contribution in [2.45, 2.75) is 20.0 Å². The Hall–Kier alpha value is -1.67. The molecule has 0 bridgehead atoms. The highest BCUT2D eigenvalue weighted by Gasteiger charge is 2.26. The highest BCUT2D eigenvalue weighted by atomic mass is 32.1. The van der Waals surface area contributed by atoms with E-state index in [1.165, 1.54) is 11.0 Å². The second-order valence-electron chi connectivity index (χ2n) is 4.57. The third-order valence-electron chi connectivity index (χ3n) is 2.81. The maximum atomic E-state index is 11.8. The summed E-state index contributed by atoms with van der Waals surface area (Å²) in [5, 5.41) is 21.1. The van der Waals surface area contributed by atoms with Gasteiger partial charge >= 0.3 is 5.69 Å². The Labute approximate surface area is 121 Å². The Morgan fingerprint density at radius 2 is 2.15 bits per heavy atom. The topological polar surface area (TPSA) is 86.9 Å². The number of hydrogen-bond acceptors (Lipinski definition) is 6. The summed E-state index contributed by atoms with van der Waals surface area (Å²) < 4.78 is 0. The van der Waals surface area contributed by atoms with E-state index >= 15 is 0 Å². The average Bonchev–Trinajstić information content (AvgIpc) is 2.80. The molecule has 1 heterocycles. The van der Waals surface area contributed by atoms with Gasteiger partial charge in [0.05, 0.1) is 17.6 Å². The van der Waals surface area contributed by atoms with E-state index in [2.05, 4.69) is 0 Å². The number of hydrogen-bond donors (Lipinski definition) is 1. The Morgan fingerprint density at radius 3 is 2.55 bits per heavy atom. The molecule has 0 saturated carbocycles. The van der Waals surface area contributed by atoms with Crippen LogP contribution in [-0.2, 0) is 4.79 Å². The zero-order valence-electron chi connectivity index (χ0n) is 12.0. The van der Waals surface area contributed by atoms with E-state index in [9.17, 15) is 20.0 Å². The lowest BCUT2D eigenvalue weighted by Gasteiger charge is -2.22. The third kappa shape index (κ3) is 3.67. The van der Waals surface area contributed by atoms with Crippen molar-refractivity contribution in [3.05, 3.63) is 21.1 Å². The van der Waals surface area contributed by atoms with Crippen LogP contribution in [-0.4, -0.2) is 48.0 Å². The molecule has 1 N–H and O–H groups in total. The van der Waals surface area contributed by atoms with Crippen molar-refractivity contribution in [1.82, 2.24) is 4.90 Å². The lowest BCUT2D eigenvalue weighted by Crippen LogP contribution is -2.36. The van der Waals surface area contributed by atoms with Gasteiger partial charge in [0.25, 0.3) is 0 Å². The average molecular weight is 301 g/mol.